The fourth-order valence-electron chi connectivity index (χ4n) is 2.86. The minimum atomic E-state index is 0.319. The highest BCUT2D eigenvalue weighted by atomic mass is 14.8. The summed E-state index contributed by atoms with van der Waals surface area (Å²) in [5, 5.41) is 0. The molecule has 0 spiro atoms. The van der Waals surface area contributed by atoms with Crippen molar-refractivity contribution in [3.63, 3.8) is 0 Å². The lowest BCUT2D eigenvalue weighted by atomic mass is 9.68. The van der Waals surface area contributed by atoms with Gasteiger partial charge in [0, 0.05) is 12.1 Å². The average molecular weight is 198 g/mol. The molecule has 0 radical (unpaired) electrons. The van der Waals surface area contributed by atoms with E-state index in [1.807, 2.05) is 0 Å². The predicted octanol–water partition coefficient (Wildman–Crippen LogP) is 1.98. The Morgan fingerprint density at radius 2 is 1.14 bits per heavy atom. The van der Waals surface area contributed by atoms with Crippen LogP contribution in [-0.4, -0.2) is 12.1 Å². The highest BCUT2D eigenvalue weighted by Crippen LogP contribution is 2.35. The van der Waals surface area contributed by atoms with Gasteiger partial charge in [-0.15, -0.1) is 0 Å². The van der Waals surface area contributed by atoms with E-state index in [-0.39, 0.29) is 0 Å². The van der Waals surface area contributed by atoms with Crippen LogP contribution in [-0.2, 0) is 0 Å². The minimum absolute atomic E-state index is 0.319. The van der Waals surface area contributed by atoms with Crippen LogP contribution in [0.15, 0.2) is 0 Å². The smallest absolute Gasteiger partial charge is 0.00845 e. The maximum atomic E-state index is 6.15. The minimum Gasteiger partial charge on any atom is -0.327 e. The molecule has 1 saturated carbocycles. The van der Waals surface area contributed by atoms with Gasteiger partial charge in [-0.3, -0.25) is 0 Å². The topological polar surface area (TPSA) is 52.0 Å². The molecule has 1 aliphatic rings. The molecule has 14 heavy (non-hydrogen) atoms. The molecular weight excluding hydrogens is 172 g/mol. The first-order valence-electron chi connectivity index (χ1n) is 5.94. The maximum absolute atomic E-state index is 6.15. The zero-order chi connectivity index (χ0) is 10.9. The lowest BCUT2D eigenvalue weighted by molar-refractivity contribution is 0.131. The van der Waals surface area contributed by atoms with Gasteiger partial charge in [-0.1, -0.05) is 27.7 Å². The van der Waals surface area contributed by atoms with Crippen molar-refractivity contribution in [3.05, 3.63) is 0 Å². The van der Waals surface area contributed by atoms with E-state index in [1.54, 1.807) is 0 Å². The van der Waals surface area contributed by atoms with Crippen molar-refractivity contribution >= 4 is 0 Å². The lowest BCUT2D eigenvalue weighted by Gasteiger charge is -2.42. The Balaban J connectivity index is 2.65. The van der Waals surface area contributed by atoms with Crippen LogP contribution in [0.2, 0.25) is 0 Å². The highest BCUT2D eigenvalue weighted by molar-refractivity contribution is 4.92. The standard InChI is InChI=1S/C12H26N2/c1-7(2)9-5-10(8(3)4)12(14)6-11(9)13/h7-12H,5-6,13-14H2,1-4H3. The summed E-state index contributed by atoms with van der Waals surface area (Å²) in [6, 6.07) is 0.639. The molecule has 0 saturated heterocycles. The van der Waals surface area contributed by atoms with Crippen LogP contribution >= 0.6 is 0 Å². The Labute approximate surface area is 88.4 Å². The molecular formula is C12H26N2. The van der Waals surface area contributed by atoms with Crippen molar-refractivity contribution in [1.29, 1.82) is 0 Å². The summed E-state index contributed by atoms with van der Waals surface area (Å²) in [5.41, 5.74) is 12.3. The van der Waals surface area contributed by atoms with Gasteiger partial charge in [0.25, 0.3) is 0 Å². The maximum Gasteiger partial charge on any atom is 0.00845 e. The van der Waals surface area contributed by atoms with Gasteiger partial charge in [-0.25, -0.2) is 0 Å². The molecule has 0 aromatic heterocycles. The van der Waals surface area contributed by atoms with Crippen molar-refractivity contribution in [3.8, 4) is 0 Å². The third-order valence-corrected chi connectivity index (χ3v) is 3.90. The average Bonchev–Trinajstić information content (AvgIpc) is 2.02. The summed E-state index contributed by atoms with van der Waals surface area (Å²) >= 11 is 0. The van der Waals surface area contributed by atoms with Crippen LogP contribution in [0.3, 0.4) is 0 Å². The van der Waals surface area contributed by atoms with E-state index in [0.717, 1.165) is 6.42 Å². The molecule has 84 valence electrons. The zero-order valence-corrected chi connectivity index (χ0v) is 10.0. The van der Waals surface area contributed by atoms with Gasteiger partial charge >= 0.3 is 0 Å². The van der Waals surface area contributed by atoms with Gasteiger partial charge in [0.2, 0.25) is 0 Å². The molecule has 2 nitrogen and oxygen atoms in total. The molecule has 1 aliphatic carbocycles. The Kier molecular flexibility index (Phi) is 3.96. The summed E-state index contributed by atoms with van der Waals surface area (Å²) in [7, 11) is 0. The summed E-state index contributed by atoms with van der Waals surface area (Å²) < 4.78 is 0. The molecule has 4 unspecified atom stereocenters. The van der Waals surface area contributed by atoms with Gasteiger partial charge in [0.1, 0.15) is 0 Å². The zero-order valence-electron chi connectivity index (χ0n) is 10.0. The summed E-state index contributed by atoms with van der Waals surface area (Å²) in [6.07, 6.45) is 2.23. The van der Waals surface area contributed by atoms with E-state index in [4.69, 9.17) is 11.5 Å². The quantitative estimate of drug-likeness (QED) is 0.713. The van der Waals surface area contributed by atoms with Crippen molar-refractivity contribution in [2.24, 2.45) is 35.1 Å². The molecule has 0 aliphatic heterocycles. The van der Waals surface area contributed by atoms with E-state index in [2.05, 4.69) is 27.7 Å². The van der Waals surface area contributed by atoms with Gasteiger partial charge in [0.05, 0.1) is 0 Å². The van der Waals surface area contributed by atoms with E-state index >= 15 is 0 Å². The molecule has 4 atom stereocenters. The van der Waals surface area contributed by atoms with E-state index < -0.39 is 0 Å². The Morgan fingerprint density at radius 1 is 0.786 bits per heavy atom. The second-order valence-corrected chi connectivity index (χ2v) is 5.61. The summed E-state index contributed by atoms with van der Waals surface area (Å²) in [4.78, 5) is 0. The van der Waals surface area contributed by atoms with Crippen LogP contribution in [0, 0.1) is 23.7 Å². The third-order valence-electron chi connectivity index (χ3n) is 3.90. The van der Waals surface area contributed by atoms with Crippen LogP contribution < -0.4 is 11.5 Å². The first kappa shape index (κ1) is 12.0. The Bertz CT molecular complexity index is 159. The SMILES string of the molecule is CC(C)C1CC(C(C)C)C(N)CC1N. The van der Waals surface area contributed by atoms with Crippen LogP contribution in [0.5, 0.6) is 0 Å². The van der Waals surface area contributed by atoms with Gasteiger partial charge in [-0.2, -0.15) is 0 Å². The van der Waals surface area contributed by atoms with E-state index in [0.29, 0.717) is 35.8 Å². The molecule has 0 heterocycles. The molecule has 0 aromatic carbocycles. The predicted molar refractivity (Wildman–Crippen MR) is 61.8 cm³/mol. The molecule has 4 N–H and O–H groups in total. The second kappa shape index (κ2) is 4.63. The van der Waals surface area contributed by atoms with Gasteiger partial charge in [0.15, 0.2) is 0 Å². The van der Waals surface area contributed by atoms with E-state index in [1.165, 1.54) is 6.42 Å². The molecule has 0 amide bonds. The molecule has 2 heteroatoms. The molecule has 1 rings (SSSR count). The monoisotopic (exact) mass is 198 g/mol. The Hall–Kier alpha value is -0.0800. The normalized spacial score (nSPS) is 39.4. The summed E-state index contributed by atoms with van der Waals surface area (Å²) in [5.74, 6) is 2.72. The van der Waals surface area contributed by atoms with Gasteiger partial charge < -0.3 is 11.5 Å². The van der Waals surface area contributed by atoms with Crippen molar-refractivity contribution < 1.29 is 0 Å². The number of nitrogens with two attached hydrogens (primary N) is 2. The molecule has 1 fully saturated rings. The fourth-order valence-corrected chi connectivity index (χ4v) is 2.86. The number of hydrogen-bond donors (Lipinski definition) is 2. The van der Waals surface area contributed by atoms with Crippen LogP contribution in [0.1, 0.15) is 40.5 Å². The van der Waals surface area contributed by atoms with Gasteiger partial charge in [-0.05, 0) is 36.5 Å². The number of hydrogen-bond acceptors (Lipinski definition) is 2. The molecule has 0 bridgehead atoms. The van der Waals surface area contributed by atoms with Crippen LogP contribution in [0.25, 0.3) is 0 Å². The van der Waals surface area contributed by atoms with Crippen molar-refractivity contribution in [2.45, 2.75) is 52.6 Å². The van der Waals surface area contributed by atoms with Crippen LogP contribution in [0.4, 0.5) is 0 Å². The largest absolute Gasteiger partial charge is 0.327 e. The highest BCUT2D eigenvalue weighted by Gasteiger charge is 2.35. The molecule has 0 aromatic rings. The lowest BCUT2D eigenvalue weighted by Crippen LogP contribution is -2.50. The van der Waals surface area contributed by atoms with Crippen molar-refractivity contribution in [1.82, 2.24) is 0 Å². The second-order valence-electron chi connectivity index (χ2n) is 5.61. The fraction of sp³-hybridized carbons (Fsp3) is 1.00. The first-order valence-corrected chi connectivity index (χ1v) is 5.94. The first-order chi connectivity index (χ1) is 6.43. The Morgan fingerprint density at radius 3 is 1.43 bits per heavy atom. The van der Waals surface area contributed by atoms with Crippen molar-refractivity contribution in [2.75, 3.05) is 0 Å². The summed E-state index contributed by atoms with van der Waals surface area (Å²) in [6.45, 7) is 9.11. The van der Waals surface area contributed by atoms with E-state index in [9.17, 15) is 0 Å². The third kappa shape index (κ3) is 2.48. The number of rotatable bonds is 2.